The zero-order valence-corrected chi connectivity index (χ0v) is 9.95. The van der Waals surface area contributed by atoms with E-state index in [1.54, 1.807) is 0 Å². The van der Waals surface area contributed by atoms with Gasteiger partial charge < -0.3 is 20.6 Å². The highest BCUT2D eigenvalue weighted by Gasteiger charge is 2.18. The van der Waals surface area contributed by atoms with Crippen LogP contribution in [-0.2, 0) is 0 Å². The van der Waals surface area contributed by atoms with E-state index in [1.807, 2.05) is 14.0 Å². The molecule has 0 spiro atoms. The Kier molecular flexibility index (Phi) is 6.27. The largest absolute Gasteiger partial charge is 0.394 e. The minimum absolute atomic E-state index is 0.0328. The Hall–Kier alpha value is -0.160. The Morgan fingerprint density at radius 2 is 1.79 bits per heavy atom. The van der Waals surface area contributed by atoms with Crippen LogP contribution in [0.2, 0.25) is 0 Å². The van der Waals surface area contributed by atoms with Gasteiger partial charge in [0.05, 0.1) is 6.61 Å². The summed E-state index contributed by atoms with van der Waals surface area (Å²) in [6.07, 6.45) is 1.13. The highest BCUT2D eigenvalue weighted by Crippen LogP contribution is 2.00. The molecule has 0 aromatic carbocycles. The molecule has 0 aromatic rings. The summed E-state index contributed by atoms with van der Waals surface area (Å²) in [4.78, 5) is 4.33. The third-order valence-corrected chi connectivity index (χ3v) is 2.14. The van der Waals surface area contributed by atoms with E-state index in [9.17, 15) is 0 Å². The molecule has 4 nitrogen and oxygen atoms in total. The Balaban J connectivity index is 3.60. The molecule has 0 bridgehead atoms. The minimum Gasteiger partial charge on any atom is -0.394 e. The molecule has 0 aliphatic heterocycles. The second-order valence-electron chi connectivity index (χ2n) is 4.71. The molecule has 1 atom stereocenters. The van der Waals surface area contributed by atoms with Crippen LogP contribution < -0.4 is 5.73 Å². The molecule has 3 N–H and O–H groups in total. The van der Waals surface area contributed by atoms with Crippen molar-refractivity contribution >= 4 is 0 Å². The zero-order valence-electron chi connectivity index (χ0n) is 9.95. The first-order chi connectivity index (χ1) is 6.37. The first-order valence-electron chi connectivity index (χ1n) is 5.10. The second kappa shape index (κ2) is 6.35. The number of nitrogens with two attached hydrogens (primary N) is 1. The molecule has 1 unspecified atom stereocenters. The van der Waals surface area contributed by atoms with Crippen molar-refractivity contribution in [3.8, 4) is 0 Å². The van der Waals surface area contributed by atoms with Crippen LogP contribution in [-0.4, -0.2) is 67.8 Å². The molecule has 0 aromatic heterocycles. The molecule has 0 aliphatic rings. The lowest BCUT2D eigenvalue weighted by molar-refractivity contribution is 0.160. The summed E-state index contributed by atoms with van der Waals surface area (Å²) in [6.45, 7) is 4.74. The van der Waals surface area contributed by atoms with Gasteiger partial charge >= 0.3 is 0 Å². The minimum atomic E-state index is -0.479. The molecule has 0 amide bonds. The SMILES string of the molecule is CN(C)CCCN(C)CC(C)(N)CO. The molecule has 0 heterocycles. The van der Waals surface area contributed by atoms with E-state index in [1.165, 1.54) is 0 Å². The highest BCUT2D eigenvalue weighted by molar-refractivity contribution is 4.80. The Bertz CT molecular complexity index is 148. The van der Waals surface area contributed by atoms with Crippen LogP contribution in [0.1, 0.15) is 13.3 Å². The van der Waals surface area contributed by atoms with Crippen molar-refractivity contribution in [2.24, 2.45) is 5.73 Å². The summed E-state index contributed by atoms with van der Waals surface area (Å²) in [5, 5.41) is 9.00. The predicted molar refractivity (Wildman–Crippen MR) is 60.3 cm³/mol. The lowest BCUT2D eigenvalue weighted by atomic mass is 10.1. The molecule has 14 heavy (non-hydrogen) atoms. The molecule has 0 rings (SSSR count). The van der Waals surface area contributed by atoms with Gasteiger partial charge in [-0.3, -0.25) is 0 Å². The second-order valence-corrected chi connectivity index (χ2v) is 4.71. The van der Waals surface area contributed by atoms with Crippen molar-refractivity contribution in [1.29, 1.82) is 0 Å². The summed E-state index contributed by atoms with van der Waals surface area (Å²) in [5.74, 6) is 0. The van der Waals surface area contributed by atoms with Crippen LogP contribution in [0, 0.1) is 0 Å². The smallest absolute Gasteiger partial charge is 0.0621 e. The third kappa shape index (κ3) is 7.26. The summed E-state index contributed by atoms with van der Waals surface area (Å²) in [6, 6.07) is 0. The third-order valence-electron chi connectivity index (χ3n) is 2.14. The van der Waals surface area contributed by atoms with Gasteiger partial charge in [-0.15, -0.1) is 0 Å². The van der Waals surface area contributed by atoms with Gasteiger partial charge in [0.25, 0.3) is 0 Å². The number of aliphatic hydroxyl groups excluding tert-OH is 1. The first-order valence-corrected chi connectivity index (χ1v) is 5.10. The lowest BCUT2D eigenvalue weighted by Gasteiger charge is -2.28. The number of hydrogen-bond acceptors (Lipinski definition) is 4. The van der Waals surface area contributed by atoms with Gasteiger partial charge in [0.1, 0.15) is 0 Å². The van der Waals surface area contributed by atoms with Crippen molar-refractivity contribution in [2.75, 3.05) is 47.4 Å². The summed E-state index contributed by atoms with van der Waals surface area (Å²) < 4.78 is 0. The van der Waals surface area contributed by atoms with E-state index in [0.29, 0.717) is 0 Å². The molecule has 86 valence electrons. The van der Waals surface area contributed by atoms with E-state index in [4.69, 9.17) is 10.8 Å². The molecule has 0 radical (unpaired) electrons. The monoisotopic (exact) mass is 203 g/mol. The Morgan fingerprint density at radius 3 is 2.21 bits per heavy atom. The fourth-order valence-corrected chi connectivity index (χ4v) is 1.40. The maximum Gasteiger partial charge on any atom is 0.0621 e. The van der Waals surface area contributed by atoms with Gasteiger partial charge in [0, 0.05) is 12.1 Å². The van der Waals surface area contributed by atoms with Crippen LogP contribution >= 0.6 is 0 Å². The van der Waals surface area contributed by atoms with Crippen LogP contribution in [0.5, 0.6) is 0 Å². The molecule has 4 heteroatoms. The standard InChI is InChI=1S/C10H25N3O/c1-10(11,9-14)8-13(4)7-5-6-12(2)3/h14H,5-9,11H2,1-4H3. The average molecular weight is 203 g/mol. The fourth-order valence-electron chi connectivity index (χ4n) is 1.40. The molecular weight excluding hydrogens is 178 g/mol. The van der Waals surface area contributed by atoms with Crippen LogP contribution in [0.4, 0.5) is 0 Å². The zero-order chi connectivity index (χ0) is 11.2. The summed E-state index contributed by atoms with van der Waals surface area (Å²) in [7, 11) is 6.18. The number of nitrogens with zero attached hydrogens (tertiary/aromatic N) is 2. The number of likely N-dealkylation sites (N-methyl/N-ethyl adjacent to an activating group) is 1. The maximum absolute atomic E-state index is 9.00. The van der Waals surface area contributed by atoms with Crippen LogP contribution in [0.3, 0.4) is 0 Å². The normalized spacial score (nSPS) is 16.3. The van der Waals surface area contributed by atoms with Gasteiger partial charge in [-0.2, -0.15) is 0 Å². The quantitative estimate of drug-likeness (QED) is 0.590. The number of rotatable bonds is 7. The van der Waals surface area contributed by atoms with E-state index in [2.05, 4.69) is 23.9 Å². The summed E-state index contributed by atoms with van der Waals surface area (Å²) in [5.41, 5.74) is 5.37. The van der Waals surface area contributed by atoms with Crippen molar-refractivity contribution in [3.63, 3.8) is 0 Å². The van der Waals surface area contributed by atoms with Crippen molar-refractivity contribution in [1.82, 2.24) is 9.80 Å². The molecular formula is C10H25N3O. The molecule has 0 saturated heterocycles. The predicted octanol–water partition coefficient (Wildman–Crippen LogP) is -0.420. The molecule has 0 aliphatic carbocycles. The lowest BCUT2D eigenvalue weighted by Crippen LogP contribution is -2.49. The van der Waals surface area contributed by atoms with Crippen LogP contribution in [0.15, 0.2) is 0 Å². The van der Waals surface area contributed by atoms with E-state index >= 15 is 0 Å². The average Bonchev–Trinajstić information content (AvgIpc) is 2.02. The van der Waals surface area contributed by atoms with Crippen molar-refractivity contribution < 1.29 is 5.11 Å². The number of hydrogen-bond donors (Lipinski definition) is 2. The van der Waals surface area contributed by atoms with Crippen molar-refractivity contribution in [2.45, 2.75) is 18.9 Å². The van der Waals surface area contributed by atoms with E-state index in [0.717, 1.165) is 26.1 Å². The highest BCUT2D eigenvalue weighted by atomic mass is 16.3. The Morgan fingerprint density at radius 1 is 1.21 bits per heavy atom. The topological polar surface area (TPSA) is 52.7 Å². The van der Waals surface area contributed by atoms with Crippen molar-refractivity contribution in [3.05, 3.63) is 0 Å². The van der Waals surface area contributed by atoms with Gasteiger partial charge in [-0.1, -0.05) is 0 Å². The Labute approximate surface area is 87.7 Å². The molecule has 0 fully saturated rings. The van der Waals surface area contributed by atoms with Gasteiger partial charge in [-0.05, 0) is 47.6 Å². The maximum atomic E-state index is 9.00. The van der Waals surface area contributed by atoms with Gasteiger partial charge in [0.2, 0.25) is 0 Å². The van der Waals surface area contributed by atoms with E-state index in [-0.39, 0.29) is 6.61 Å². The van der Waals surface area contributed by atoms with E-state index < -0.39 is 5.54 Å². The first kappa shape index (κ1) is 13.8. The van der Waals surface area contributed by atoms with Gasteiger partial charge in [-0.25, -0.2) is 0 Å². The summed E-state index contributed by atoms with van der Waals surface area (Å²) >= 11 is 0. The number of aliphatic hydroxyl groups is 1. The van der Waals surface area contributed by atoms with Gasteiger partial charge in [0.15, 0.2) is 0 Å². The fraction of sp³-hybridized carbons (Fsp3) is 1.00. The molecule has 0 saturated carbocycles. The van der Waals surface area contributed by atoms with Crippen LogP contribution in [0.25, 0.3) is 0 Å².